The lowest BCUT2D eigenvalue weighted by atomic mass is 10.3. The van der Waals surface area contributed by atoms with Crippen LogP contribution in [-0.2, 0) is 0 Å². The van der Waals surface area contributed by atoms with Gasteiger partial charge in [-0.3, -0.25) is 4.98 Å². The number of alkyl halides is 1. The molecule has 0 amide bonds. The summed E-state index contributed by atoms with van der Waals surface area (Å²) in [6, 6.07) is 3.79. The van der Waals surface area contributed by atoms with E-state index in [1.165, 1.54) is 0 Å². The summed E-state index contributed by atoms with van der Waals surface area (Å²) in [5.74, 6) is 0. The second kappa shape index (κ2) is 3.54. The van der Waals surface area contributed by atoms with Crippen molar-refractivity contribution in [1.29, 1.82) is 0 Å². The summed E-state index contributed by atoms with van der Waals surface area (Å²) in [6.07, 6.45) is 3.47. The van der Waals surface area contributed by atoms with Gasteiger partial charge in [-0.2, -0.15) is 0 Å². The summed E-state index contributed by atoms with van der Waals surface area (Å²) < 4.78 is 0. The van der Waals surface area contributed by atoms with Gasteiger partial charge in [-0.25, -0.2) is 0 Å². The molecule has 2 nitrogen and oxygen atoms in total. The molecule has 0 saturated carbocycles. The van der Waals surface area contributed by atoms with Crippen LogP contribution in [0.1, 0.15) is 11.1 Å². The summed E-state index contributed by atoms with van der Waals surface area (Å²) >= 11 is 5.84. The highest BCUT2D eigenvalue weighted by Crippen LogP contribution is 2.13. The molecule has 0 spiro atoms. The maximum atomic E-state index is 5.84. The minimum absolute atomic E-state index is 0.131. The van der Waals surface area contributed by atoms with Gasteiger partial charge in [0.2, 0.25) is 0 Å². The van der Waals surface area contributed by atoms with Crippen molar-refractivity contribution in [3.05, 3.63) is 30.1 Å². The molecule has 54 valence electrons. The Bertz CT molecular complexity index is 188. The maximum absolute atomic E-state index is 5.84. The smallest absolute Gasteiger partial charge is 0.109 e. The number of hydrogen-bond donors (Lipinski definition) is 1. The fourth-order valence-corrected chi connectivity index (χ4v) is 0.822. The monoisotopic (exact) mass is 156 g/mol. The molecule has 0 aliphatic heterocycles. The van der Waals surface area contributed by atoms with Gasteiger partial charge in [0.1, 0.15) is 5.50 Å². The van der Waals surface area contributed by atoms with Crippen molar-refractivity contribution < 1.29 is 0 Å². The Kier molecular flexibility index (Phi) is 2.66. The Morgan fingerprint density at radius 2 is 2.50 bits per heavy atom. The van der Waals surface area contributed by atoms with Crippen LogP contribution < -0.4 is 5.32 Å². The molecule has 10 heavy (non-hydrogen) atoms. The first-order valence-electron chi connectivity index (χ1n) is 3.06. The van der Waals surface area contributed by atoms with Crippen molar-refractivity contribution in [1.82, 2.24) is 10.3 Å². The van der Waals surface area contributed by atoms with E-state index in [2.05, 4.69) is 10.3 Å². The molecule has 1 aromatic heterocycles. The van der Waals surface area contributed by atoms with Crippen LogP contribution in [0.2, 0.25) is 0 Å². The lowest BCUT2D eigenvalue weighted by Crippen LogP contribution is -2.09. The Balaban J connectivity index is 2.75. The molecule has 0 aliphatic rings. The van der Waals surface area contributed by atoms with E-state index in [9.17, 15) is 0 Å². The topological polar surface area (TPSA) is 24.9 Å². The van der Waals surface area contributed by atoms with Crippen LogP contribution in [0, 0.1) is 0 Å². The summed E-state index contributed by atoms with van der Waals surface area (Å²) in [7, 11) is 1.81. The normalized spacial score (nSPS) is 13.0. The SMILES string of the molecule is CNC(Cl)c1cccnc1. The van der Waals surface area contributed by atoms with E-state index in [1.54, 1.807) is 12.4 Å². The van der Waals surface area contributed by atoms with Gasteiger partial charge in [-0.05, 0) is 13.1 Å². The van der Waals surface area contributed by atoms with E-state index in [0.717, 1.165) is 5.56 Å². The molecule has 0 bridgehead atoms. The number of nitrogens with one attached hydrogen (secondary N) is 1. The number of hydrogen-bond acceptors (Lipinski definition) is 2. The molecule has 1 atom stereocenters. The predicted molar refractivity (Wildman–Crippen MR) is 41.9 cm³/mol. The quantitative estimate of drug-likeness (QED) is 0.519. The van der Waals surface area contributed by atoms with Gasteiger partial charge in [0.15, 0.2) is 0 Å². The van der Waals surface area contributed by atoms with Crippen LogP contribution in [0.5, 0.6) is 0 Å². The average molecular weight is 157 g/mol. The Morgan fingerprint density at radius 1 is 1.70 bits per heavy atom. The number of nitrogens with zero attached hydrogens (tertiary/aromatic N) is 1. The van der Waals surface area contributed by atoms with Gasteiger partial charge in [0, 0.05) is 18.0 Å². The van der Waals surface area contributed by atoms with Gasteiger partial charge in [0.05, 0.1) is 0 Å². The van der Waals surface area contributed by atoms with Gasteiger partial charge in [-0.15, -0.1) is 11.6 Å². The minimum Gasteiger partial charge on any atom is -0.301 e. The summed E-state index contributed by atoms with van der Waals surface area (Å²) in [5, 5.41) is 2.91. The molecular weight excluding hydrogens is 148 g/mol. The molecular formula is C7H9ClN2. The highest BCUT2D eigenvalue weighted by Gasteiger charge is 2.01. The zero-order valence-electron chi connectivity index (χ0n) is 5.71. The standard InChI is InChI=1S/C7H9ClN2/c1-9-7(8)6-3-2-4-10-5-6/h2-5,7,9H,1H3. The van der Waals surface area contributed by atoms with Gasteiger partial charge < -0.3 is 5.32 Å². The summed E-state index contributed by atoms with van der Waals surface area (Å²) in [5.41, 5.74) is 0.861. The molecule has 1 heterocycles. The Labute approximate surface area is 65.2 Å². The van der Waals surface area contributed by atoms with Crippen molar-refractivity contribution in [3.8, 4) is 0 Å². The fraction of sp³-hybridized carbons (Fsp3) is 0.286. The van der Waals surface area contributed by atoms with E-state index >= 15 is 0 Å². The first-order valence-corrected chi connectivity index (χ1v) is 3.49. The van der Waals surface area contributed by atoms with Crippen molar-refractivity contribution in [2.24, 2.45) is 0 Å². The van der Waals surface area contributed by atoms with Crippen molar-refractivity contribution in [2.45, 2.75) is 5.50 Å². The molecule has 0 aliphatic carbocycles. The van der Waals surface area contributed by atoms with Crippen LogP contribution in [0.15, 0.2) is 24.5 Å². The van der Waals surface area contributed by atoms with Gasteiger partial charge in [-0.1, -0.05) is 6.07 Å². The second-order valence-electron chi connectivity index (χ2n) is 1.94. The third-order valence-electron chi connectivity index (χ3n) is 1.23. The van der Waals surface area contributed by atoms with E-state index in [-0.39, 0.29) is 5.50 Å². The molecule has 0 radical (unpaired) electrons. The zero-order chi connectivity index (χ0) is 7.40. The summed E-state index contributed by atoms with van der Waals surface area (Å²) in [4.78, 5) is 3.93. The fourth-order valence-electron chi connectivity index (χ4n) is 0.693. The van der Waals surface area contributed by atoms with E-state index < -0.39 is 0 Å². The molecule has 1 unspecified atom stereocenters. The lowest BCUT2D eigenvalue weighted by Gasteiger charge is -2.05. The van der Waals surface area contributed by atoms with Crippen LogP contribution >= 0.6 is 11.6 Å². The average Bonchev–Trinajstić information content (AvgIpc) is 2.05. The molecule has 0 aromatic carbocycles. The number of halogens is 1. The number of pyridine rings is 1. The first kappa shape index (κ1) is 7.51. The van der Waals surface area contributed by atoms with Gasteiger partial charge in [0.25, 0.3) is 0 Å². The third kappa shape index (κ3) is 1.69. The third-order valence-corrected chi connectivity index (χ3v) is 1.70. The highest BCUT2D eigenvalue weighted by atomic mass is 35.5. The predicted octanol–water partition coefficient (Wildman–Crippen LogP) is 1.54. The highest BCUT2D eigenvalue weighted by molar-refractivity contribution is 6.20. The van der Waals surface area contributed by atoms with Crippen molar-refractivity contribution in [2.75, 3.05) is 7.05 Å². The van der Waals surface area contributed by atoms with Crippen LogP contribution in [-0.4, -0.2) is 12.0 Å². The minimum atomic E-state index is -0.131. The molecule has 0 saturated heterocycles. The number of aromatic nitrogens is 1. The van der Waals surface area contributed by atoms with E-state index in [0.29, 0.717) is 0 Å². The molecule has 1 N–H and O–H groups in total. The largest absolute Gasteiger partial charge is 0.301 e. The molecule has 3 heteroatoms. The maximum Gasteiger partial charge on any atom is 0.109 e. The van der Waals surface area contributed by atoms with E-state index in [1.807, 2.05) is 19.2 Å². The van der Waals surface area contributed by atoms with Crippen LogP contribution in [0.4, 0.5) is 0 Å². The van der Waals surface area contributed by atoms with Crippen molar-refractivity contribution >= 4 is 11.6 Å². The first-order chi connectivity index (χ1) is 4.84. The van der Waals surface area contributed by atoms with Crippen molar-refractivity contribution in [3.63, 3.8) is 0 Å². The molecule has 1 rings (SSSR count). The number of rotatable bonds is 2. The van der Waals surface area contributed by atoms with Crippen LogP contribution in [0.3, 0.4) is 0 Å². The van der Waals surface area contributed by atoms with Crippen LogP contribution in [0.25, 0.3) is 0 Å². The Hall–Kier alpha value is -0.600. The van der Waals surface area contributed by atoms with Gasteiger partial charge >= 0.3 is 0 Å². The van der Waals surface area contributed by atoms with E-state index in [4.69, 9.17) is 11.6 Å². The Morgan fingerprint density at radius 3 is 3.00 bits per heavy atom. The zero-order valence-corrected chi connectivity index (χ0v) is 6.47. The summed E-state index contributed by atoms with van der Waals surface area (Å²) in [6.45, 7) is 0. The molecule has 1 aromatic rings. The lowest BCUT2D eigenvalue weighted by molar-refractivity contribution is 0.779. The second-order valence-corrected chi connectivity index (χ2v) is 2.37. The molecule has 0 fully saturated rings.